The molecule has 2 aromatic carbocycles. The maximum atomic E-state index is 12.4. The van der Waals surface area contributed by atoms with Gasteiger partial charge < -0.3 is 5.32 Å². The predicted molar refractivity (Wildman–Crippen MR) is 91.4 cm³/mol. The lowest BCUT2D eigenvalue weighted by Gasteiger charge is -2.10. The van der Waals surface area contributed by atoms with Crippen LogP contribution in [0.3, 0.4) is 0 Å². The van der Waals surface area contributed by atoms with Crippen LogP contribution in [0.25, 0.3) is 10.6 Å². The molecule has 1 N–H and O–H groups in total. The molecule has 0 atom stereocenters. The Bertz CT molecular complexity index is 792. The molecule has 4 heteroatoms. The molecule has 3 aromatic rings. The third kappa shape index (κ3) is 2.92. The molecule has 1 aromatic heterocycles. The fraction of sp³-hybridized carbons (Fsp3) is 0.111. The molecule has 0 saturated heterocycles. The van der Waals surface area contributed by atoms with Crippen molar-refractivity contribution in [3.05, 3.63) is 70.7 Å². The molecule has 0 bridgehead atoms. The molecule has 0 saturated carbocycles. The molecule has 0 radical (unpaired) electrons. The van der Waals surface area contributed by atoms with E-state index in [9.17, 15) is 4.79 Å². The van der Waals surface area contributed by atoms with E-state index >= 15 is 0 Å². The Morgan fingerprint density at radius 2 is 1.86 bits per heavy atom. The second kappa shape index (κ2) is 6.12. The lowest BCUT2D eigenvalue weighted by Crippen LogP contribution is -2.12. The number of nitrogens with one attached hydrogen (secondary N) is 1. The van der Waals surface area contributed by atoms with Crippen molar-refractivity contribution in [2.24, 2.45) is 0 Å². The zero-order valence-electron chi connectivity index (χ0n) is 12.5. The molecule has 110 valence electrons. The number of carbonyl (C=O) groups is 1. The first-order valence-electron chi connectivity index (χ1n) is 7.02. The lowest BCUT2D eigenvalue weighted by atomic mass is 10.1. The smallest absolute Gasteiger partial charge is 0.255 e. The van der Waals surface area contributed by atoms with E-state index in [1.54, 1.807) is 17.5 Å². The van der Waals surface area contributed by atoms with Crippen LogP contribution in [0.15, 0.2) is 54.0 Å². The number of hydrogen-bond donors (Lipinski definition) is 1. The highest BCUT2D eigenvalue weighted by Crippen LogP contribution is 2.23. The van der Waals surface area contributed by atoms with Crippen LogP contribution in [0.1, 0.15) is 21.5 Å². The summed E-state index contributed by atoms with van der Waals surface area (Å²) in [6.07, 6.45) is 1.78. The maximum Gasteiger partial charge on any atom is 0.255 e. The first-order valence-corrected chi connectivity index (χ1v) is 7.90. The highest BCUT2D eigenvalue weighted by atomic mass is 32.1. The van der Waals surface area contributed by atoms with E-state index in [0.29, 0.717) is 5.56 Å². The SMILES string of the molecule is Cc1cccc(NC(=O)c2ccc(-c3nccs3)cc2)c1C. The summed E-state index contributed by atoms with van der Waals surface area (Å²) in [5.74, 6) is -0.0978. The molecular formula is C18H16N2OS. The van der Waals surface area contributed by atoms with Gasteiger partial charge in [-0.15, -0.1) is 11.3 Å². The van der Waals surface area contributed by atoms with E-state index < -0.39 is 0 Å². The van der Waals surface area contributed by atoms with Crippen LogP contribution in [0, 0.1) is 13.8 Å². The first-order chi connectivity index (χ1) is 10.6. The number of amides is 1. The van der Waals surface area contributed by atoms with E-state index in [2.05, 4.69) is 10.3 Å². The van der Waals surface area contributed by atoms with Crippen molar-refractivity contribution in [3.63, 3.8) is 0 Å². The van der Waals surface area contributed by atoms with Crippen molar-refractivity contribution in [1.29, 1.82) is 0 Å². The summed E-state index contributed by atoms with van der Waals surface area (Å²) in [7, 11) is 0. The van der Waals surface area contributed by atoms with E-state index in [4.69, 9.17) is 0 Å². The standard InChI is InChI=1S/C18H16N2OS/c1-12-4-3-5-16(13(12)2)20-17(21)14-6-8-15(9-7-14)18-19-10-11-22-18/h3-11H,1-2H3,(H,20,21). The van der Waals surface area contributed by atoms with Crippen molar-refractivity contribution in [2.75, 3.05) is 5.32 Å². The minimum Gasteiger partial charge on any atom is -0.322 e. The van der Waals surface area contributed by atoms with Crippen LogP contribution in [0.4, 0.5) is 5.69 Å². The van der Waals surface area contributed by atoms with Gasteiger partial charge in [0.2, 0.25) is 0 Å². The zero-order chi connectivity index (χ0) is 15.5. The number of benzene rings is 2. The Morgan fingerprint density at radius 3 is 2.55 bits per heavy atom. The van der Waals surface area contributed by atoms with Crippen LogP contribution < -0.4 is 5.32 Å². The van der Waals surface area contributed by atoms with Gasteiger partial charge in [-0.05, 0) is 43.2 Å². The number of carbonyl (C=O) groups excluding carboxylic acids is 1. The summed E-state index contributed by atoms with van der Waals surface area (Å²) in [5.41, 5.74) is 4.78. The summed E-state index contributed by atoms with van der Waals surface area (Å²) in [4.78, 5) is 16.6. The van der Waals surface area contributed by atoms with Crippen molar-refractivity contribution in [2.45, 2.75) is 13.8 Å². The molecular weight excluding hydrogens is 292 g/mol. The van der Waals surface area contributed by atoms with E-state index in [-0.39, 0.29) is 5.91 Å². The topological polar surface area (TPSA) is 42.0 Å². The minimum absolute atomic E-state index is 0.0978. The average Bonchev–Trinajstić information content (AvgIpc) is 3.06. The molecule has 0 aliphatic rings. The molecule has 22 heavy (non-hydrogen) atoms. The average molecular weight is 308 g/mol. The van der Waals surface area contributed by atoms with Gasteiger partial charge in [0.1, 0.15) is 5.01 Å². The summed E-state index contributed by atoms with van der Waals surface area (Å²) >= 11 is 1.58. The lowest BCUT2D eigenvalue weighted by molar-refractivity contribution is 0.102. The number of hydrogen-bond acceptors (Lipinski definition) is 3. The predicted octanol–water partition coefficient (Wildman–Crippen LogP) is 4.68. The van der Waals surface area contributed by atoms with Gasteiger partial charge in [-0.3, -0.25) is 4.79 Å². The van der Waals surface area contributed by atoms with Gasteiger partial charge >= 0.3 is 0 Å². The normalized spacial score (nSPS) is 10.5. The molecule has 1 amide bonds. The Hall–Kier alpha value is -2.46. The molecule has 0 fully saturated rings. The van der Waals surface area contributed by atoms with Gasteiger partial charge in [0.25, 0.3) is 5.91 Å². The van der Waals surface area contributed by atoms with E-state index in [1.165, 1.54) is 0 Å². The fourth-order valence-corrected chi connectivity index (χ4v) is 2.86. The third-order valence-corrected chi connectivity index (χ3v) is 4.50. The number of anilines is 1. The quantitative estimate of drug-likeness (QED) is 0.763. The largest absolute Gasteiger partial charge is 0.322 e. The maximum absolute atomic E-state index is 12.4. The molecule has 3 rings (SSSR count). The molecule has 0 spiro atoms. The van der Waals surface area contributed by atoms with Gasteiger partial charge in [0, 0.05) is 28.4 Å². The second-order valence-corrected chi connectivity index (χ2v) is 6.01. The van der Waals surface area contributed by atoms with Gasteiger partial charge in [-0.2, -0.15) is 0 Å². The fourth-order valence-electron chi connectivity index (χ4n) is 2.21. The van der Waals surface area contributed by atoms with Crippen LogP contribution in [0.5, 0.6) is 0 Å². The number of aromatic nitrogens is 1. The summed E-state index contributed by atoms with van der Waals surface area (Å²) < 4.78 is 0. The van der Waals surface area contributed by atoms with Crippen LogP contribution in [-0.2, 0) is 0 Å². The summed E-state index contributed by atoms with van der Waals surface area (Å²) in [5, 5.41) is 5.87. The Kier molecular flexibility index (Phi) is 4.02. The Morgan fingerprint density at radius 1 is 1.09 bits per heavy atom. The number of aryl methyl sites for hydroxylation is 1. The minimum atomic E-state index is -0.0978. The first kappa shape index (κ1) is 14.5. The Balaban J connectivity index is 1.79. The van der Waals surface area contributed by atoms with Crippen LogP contribution in [0.2, 0.25) is 0 Å². The van der Waals surface area contributed by atoms with Gasteiger partial charge in [0.05, 0.1) is 0 Å². The molecule has 3 nitrogen and oxygen atoms in total. The molecule has 0 aliphatic heterocycles. The van der Waals surface area contributed by atoms with Crippen molar-refractivity contribution < 1.29 is 4.79 Å². The van der Waals surface area contributed by atoms with Crippen molar-refractivity contribution in [3.8, 4) is 10.6 Å². The molecule has 0 unspecified atom stereocenters. The Labute approximate surface area is 133 Å². The van der Waals surface area contributed by atoms with E-state index in [0.717, 1.165) is 27.4 Å². The number of thiazole rings is 1. The van der Waals surface area contributed by atoms with Crippen molar-refractivity contribution >= 4 is 22.9 Å². The molecule has 1 heterocycles. The van der Waals surface area contributed by atoms with Crippen LogP contribution >= 0.6 is 11.3 Å². The van der Waals surface area contributed by atoms with Gasteiger partial charge in [-0.1, -0.05) is 24.3 Å². The third-order valence-electron chi connectivity index (χ3n) is 3.68. The van der Waals surface area contributed by atoms with Gasteiger partial charge in [0.15, 0.2) is 0 Å². The van der Waals surface area contributed by atoms with Gasteiger partial charge in [-0.25, -0.2) is 4.98 Å². The van der Waals surface area contributed by atoms with Crippen LogP contribution in [-0.4, -0.2) is 10.9 Å². The monoisotopic (exact) mass is 308 g/mol. The zero-order valence-corrected chi connectivity index (χ0v) is 13.3. The highest BCUT2D eigenvalue weighted by Gasteiger charge is 2.09. The summed E-state index contributed by atoms with van der Waals surface area (Å²) in [6.45, 7) is 4.05. The van der Waals surface area contributed by atoms with E-state index in [1.807, 2.05) is 61.7 Å². The number of rotatable bonds is 3. The highest BCUT2D eigenvalue weighted by molar-refractivity contribution is 7.13. The van der Waals surface area contributed by atoms with Crippen molar-refractivity contribution in [1.82, 2.24) is 4.98 Å². The summed E-state index contributed by atoms with van der Waals surface area (Å²) in [6, 6.07) is 13.4. The molecule has 0 aliphatic carbocycles. The second-order valence-electron chi connectivity index (χ2n) is 5.12. The number of nitrogens with zero attached hydrogens (tertiary/aromatic N) is 1.